The van der Waals surface area contributed by atoms with Gasteiger partial charge in [0.05, 0.1) is 11.7 Å². The average molecular weight is 260 g/mol. The number of aromatic nitrogens is 2. The molecule has 0 saturated carbocycles. The van der Waals surface area contributed by atoms with E-state index in [4.69, 9.17) is 0 Å². The van der Waals surface area contributed by atoms with E-state index < -0.39 is 0 Å². The van der Waals surface area contributed by atoms with Crippen molar-refractivity contribution >= 4 is 5.52 Å². The normalized spacial score (nSPS) is 12.2. The lowest BCUT2D eigenvalue weighted by Crippen LogP contribution is -2.37. The maximum absolute atomic E-state index is 4.33. The van der Waals surface area contributed by atoms with Crippen LogP contribution >= 0.6 is 0 Å². The summed E-state index contributed by atoms with van der Waals surface area (Å²) >= 11 is 0. The summed E-state index contributed by atoms with van der Waals surface area (Å²) in [5.41, 5.74) is 2.65. The Hall–Kier alpha value is -1.39. The molecule has 2 aromatic rings. The van der Waals surface area contributed by atoms with E-state index in [1.54, 1.807) is 0 Å². The van der Waals surface area contributed by atoms with E-state index in [0.29, 0.717) is 0 Å². The number of nitrogens with one attached hydrogen (secondary N) is 2. The summed E-state index contributed by atoms with van der Waals surface area (Å²) in [4.78, 5) is 0. The number of hydrogen-bond donors (Lipinski definition) is 2. The van der Waals surface area contributed by atoms with Gasteiger partial charge in [-0.15, -0.1) is 0 Å². The Bertz CT molecular complexity index is 510. The van der Waals surface area contributed by atoms with Gasteiger partial charge in [-0.05, 0) is 52.4 Å². The lowest BCUT2D eigenvalue weighted by atomic mass is 10.1. The molecule has 2 rings (SSSR count). The summed E-state index contributed by atoms with van der Waals surface area (Å²) in [5, 5.41) is 11.3. The zero-order chi connectivity index (χ0) is 13.7. The Balaban J connectivity index is 1.71. The lowest BCUT2D eigenvalue weighted by molar-refractivity contribution is 0.418. The summed E-state index contributed by atoms with van der Waals surface area (Å²) in [6.45, 7) is 9.53. The molecule has 0 aliphatic carbocycles. The van der Waals surface area contributed by atoms with Gasteiger partial charge >= 0.3 is 0 Å². The van der Waals surface area contributed by atoms with E-state index in [1.165, 1.54) is 11.1 Å². The van der Waals surface area contributed by atoms with Crippen molar-refractivity contribution in [2.24, 2.45) is 0 Å². The van der Waals surface area contributed by atoms with E-state index in [1.807, 2.05) is 29.0 Å². The first-order valence-electron chi connectivity index (χ1n) is 6.93. The second-order valence-corrected chi connectivity index (χ2v) is 5.91. The highest BCUT2D eigenvalue weighted by atomic mass is 15.2. The van der Waals surface area contributed by atoms with Crippen LogP contribution in [0.5, 0.6) is 0 Å². The highest BCUT2D eigenvalue weighted by Crippen LogP contribution is 2.09. The van der Waals surface area contributed by atoms with Gasteiger partial charge in [0.1, 0.15) is 0 Å². The van der Waals surface area contributed by atoms with Crippen LogP contribution < -0.4 is 10.6 Å². The van der Waals surface area contributed by atoms with E-state index in [2.05, 4.69) is 42.6 Å². The van der Waals surface area contributed by atoms with Crippen molar-refractivity contribution in [2.75, 3.05) is 13.1 Å². The van der Waals surface area contributed by atoms with Crippen molar-refractivity contribution < 1.29 is 0 Å². The molecule has 0 fully saturated rings. The fourth-order valence-corrected chi connectivity index (χ4v) is 2.02. The van der Waals surface area contributed by atoms with Gasteiger partial charge in [-0.2, -0.15) is 5.10 Å². The van der Waals surface area contributed by atoms with Crippen LogP contribution in [-0.2, 0) is 6.54 Å². The highest BCUT2D eigenvalue weighted by Gasteiger charge is 2.07. The Morgan fingerprint density at radius 3 is 2.84 bits per heavy atom. The van der Waals surface area contributed by atoms with Crippen LogP contribution in [0, 0.1) is 0 Å². The van der Waals surface area contributed by atoms with Crippen molar-refractivity contribution in [2.45, 2.75) is 39.3 Å². The van der Waals surface area contributed by atoms with Crippen LogP contribution in [0.2, 0.25) is 0 Å². The Kier molecular flexibility index (Phi) is 4.56. The average Bonchev–Trinajstić information content (AvgIpc) is 2.76. The van der Waals surface area contributed by atoms with Crippen LogP contribution in [0.25, 0.3) is 5.52 Å². The van der Waals surface area contributed by atoms with Gasteiger partial charge in [0.15, 0.2) is 0 Å². The molecular weight excluding hydrogens is 236 g/mol. The molecular formula is C15H24N4. The number of hydrogen-bond acceptors (Lipinski definition) is 3. The molecule has 0 radical (unpaired) electrons. The first-order valence-corrected chi connectivity index (χ1v) is 6.93. The fraction of sp³-hybridized carbons (Fsp3) is 0.533. The molecule has 0 bridgehead atoms. The second-order valence-electron chi connectivity index (χ2n) is 5.91. The summed E-state index contributed by atoms with van der Waals surface area (Å²) < 4.78 is 1.91. The van der Waals surface area contributed by atoms with Gasteiger partial charge in [0.2, 0.25) is 0 Å². The summed E-state index contributed by atoms with van der Waals surface area (Å²) in [6.07, 6.45) is 5.05. The van der Waals surface area contributed by atoms with E-state index in [0.717, 1.165) is 26.1 Å². The minimum absolute atomic E-state index is 0.211. The van der Waals surface area contributed by atoms with Crippen molar-refractivity contribution in [1.29, 1.82) is 0 Å². The predicted octanol–water partition coefficient (Wildman–Crippen LogP) is 2.20. The first-order chi connectivity index (χ1) is 9.06. The van der Waals surface area contributed by atoms with Crippen molar-refractivity contribution in [1.82, 2.24) is 20.2 Å². The second kappa shape index (κ2) is 6.17. The number of fused-ring (bicyclic) bond motifs is 1. The minimum Gasteiger partial charge on any atom is -0.312 e. The van der Waals surface area contributed by atoms with Gasteiger partial charge < -0.3 is 10.6 Å². The molecule has 0 aromatic carbocycles. The third-order valence-corrected chi connectivity index (χ3v) is 3.01. The molecule has 0 unspecified atom stereocenters. The molecule has 0 spiro atoms. The molecule has 4 heteroatoms. The Morgan fingerprint density at radius 1 is 1.21 bits per heavy atom. The summed E-state index contributed by atoms with van der Waals surface area (Å²) in [6, 6.07) is 6.15. The van der Waals surface area contributed by atoms with E-state index in [-0.39, 0.29) is 5.54 Å². The molecule has 0 amide bonds. The van der Waals surface area contributed by atoms with Crippen molar-refractivity contribution in [3.8, 4) is 0 Å². The standard InChI is InChI=1S/C15H24N4/c1-15(2,3)17-9-6-8-16-11-13-12-18-19-10-5-4-7-14(13)19/h4-5,7,10,12,16-17H,6,8-9,11H2,1-3H3. The molecule has 104 valence electrons. The number of rotatable bonds is 6. The molecule has 19 heavy (non-hydrogen) atoms. The monoisotopic (exact) mass is 260 g/mol. The molecule has 0 saturated heterocycles. The van der Waals surface area contributed by atoms with E-state index >= 15 is 0 Å². The van der Waals surface area contributed by atoms with Crippen LogP contribution in [-0.4, -0.2) is 28.2 Å². The van der Waals surface area contributed by atoms with Crippen molar-refractivity contribution in [3.05, 3.63) is 36.2 Å². The van der Waals surface area contributed by atoms with Crippen LogP contribution in [0.4, 0.5) is 0 Å². The maximum atomic E-state index is 4.33. The molecule has 2 aromatic heterocycles. The SMILES string of the molecule is CC(C)(C)NCCCNCc1cnn2ccccc12. The van der Waals surface area contributed by atoms with Gasteiger partial charge in [-0.25, -0.2) is 4.52 Å². The number of nitrogens with zero attached hydrogens (tertiary/aromatic N) is 2. The smallest absolute Gasteiger partial charge is 0.0706 e. The van der Waals surface area contributed by atoms with Crippen molar-refractivity contribution in [3.63, 3.8) is 0 Å². The largest absolute Gasteiger partial charge is 0.312 e. The first kappa shape index (κ1) is 14.0. The van der Waals surface area contributed by atoms with Crippen LogP contribution in [0.3, 0.4) is 0 Å². The fourth-order valence-electron chi connectivity index (χ4n) is 2.02. The summed E-state index contributed by atoms with van der Waals surface area (Å²) in [7, 11) is 0. The zero-order valence-corrected chi connectivity index (χ0v) is 12.1. The minimum atomic E-state index is 0.211. The quantitative estimate of drug-likeness (QED) is 0.782. The molecule has 0 atom stereocenters. The zero-order valence-electron chi connectivity index (χ0n) is 12.1. The Labute approximate surface area is 115 Å². The lowest BCUT2D eigenvalue weighted by Gasteiger charge is -2.20. The topological polar surface area (TPSA) is 41.4 Å². The van der Waals surface area contributed by atoms with E-state index in [9.17, 15) is 0 Å². The highest BCUT2D eigenvalue weighted by molar-refractivity contribution is 5.53. The maximum Gasteiger partial charge on any atom is 0.0706 e. The van der Waals surface area contributed by atoms with Gasteiger partial charge in [-0.3, -0.25) is 0 Å². The molecule has 2 heterocycles. The Morgan fingerprint density at radius 2 is 2.05 bits per heavy atom. The van der Waals surface area contributed by atoms with Gasteiger partial charge in [0.25, 0.3) is 0 Å². The third-order valence-electron chi connectivity index (χ3n) is 3.01. The number of pyridine rings is 1. The predicted molar refractivity (Wildman–Crippen MR) is 79.3 cm³/mol. The van der Waals surface area contributed by atoms with Gasteiger partial charge in [0, 0.05) is 23.8 Å². The molecule has 0 aliphatic heterocycles. The molecule has 4 nitrogen and oxygen atoms in total. The molecule has 0 aliphatic rings. The summed E-state index contributed by atoms with van der Waals surface area (Å²) in [5.74, 6) is 0. The third kappa shape index (κ3) is 4.33. The molecule has 2 N–H and O–H groups in total. The van der Waals surface area contributed by atoms with Gasteiger partial charge in [-0.1, -0.05) is 6.07 Å². The van der Waals surface area contributed by atoms with Crippen LogP contribution in [0.1, 0.15) is 32.8 Å². The van der Waals surface area contributed by atoms with Crippen LogP contribution in [0.15, 0.2) is 30.6 Å².